The maximum atomic E-state index is 4.26. The van der Waals surface area contributed by atoms with Gasteiger partial charge in [0.25, 0.3) is 0 Å². The van der Waals surface area contributed by atoms with Crippen LogP contribution in [0, 0.1) is 29.6 Å². The van der Waals surface area contributed by atoms with Gasteiger partial charge in [0.1, 0.15) is 0 Å². The Kier molecular flexibility index (Phi) is 9.25. The molecular weight excluding hydrogens is 276 g/mol. The maximum absolute atomic E-state index is 4.26. The van der Waals surface area contributed by atoms with Gasteiger partial charge in [-0.15, -0.1) is 0 Å². The lowest BCUT2D eigenvalue weighted by Gasteiger charge is -2.37. The summed E-state index contributed by atoms with van der Waals surface area (Å²) in [5.41, 5.74) is 2.75. The molecule has 0 heteroatoms. The van der Waals surface area contributed by atoms with Crippen molar-refractivity contribution < 1.29 is 0 Å². The van der Waals surface area contributed by atoms with E-state index in [1.165, 1.54) is 68.9 Å². The van der Waals surface area contributed by atoms with Gasteiger partial charge in [-0.2, -0.15) is 0 Å². The lowest BCUT2D eigenvalue weighted by Crippen LogP contribution is -2.26. The summed E-state index contributed by atoms with van der Waals surface area (Å²) in [6.07, 6.45) is 12.6. The summed E-state index contributed by atoms with van der Waals surface area (Å²) < 4.78 is 0. The lowest BCUT2D eigenvalue weighted by atomic mass is 9.68. The van der Waals surface area contributed by atoms with Gasteiger partial charge in [-0.25, -0.2) is 0 Å². The molecule has 0 nitrogen and oxygen atoms in total. The topological polar surface area (TPSA) is 0 Å². The van der Waals surface area contributed by atoms with Crippen LogP contribution in [0.5, 0.6) is 0 Å². The molecular formula is C23H42. The minimum absolute atomic E-state index is 0.690. The molecule has 0 aromatic heterocycles. The highest BCUT2D eigenvalue weighted by atomic mass is 14.4. The molecule has 0 amide bonds. The first-order valence-corrected chi connectivity index (χ1v) is 10.1. The van der Waals surface area contributed by atoms with E-state index in [4.69, 9.17) is 0 Å². The molecule has 0 aromatic carbocycles. The van der Waals surface area contributed by atoms with Crippen molar-refractivity contribution in [1.29, 1.82) is 0 Å². The monoisotopic (exact) mass is 318 g/mol. The van der Waals surface area contributed by atoms with E-state index in [0.29, 0.717) is 11.8 Å². The Bertz CT molecular complexity index is 362. The van der Waals surface area contributed by atoms with Gasteiger partial charge in [0.2, 0.25) is 0 Å². The minimum Gasteiger partial charge on any atom is -0.0998 e. The summed E-state index contributed by atoms with van der Waals surface area (Å²) in [6.45, 7) is 20.0. The average Bonchev–Trinajstić information content (AvgIpc) is 2.46. The van der Waals surface area contributed by atoms with Crippen LogP contribution in [-0.4, -0.2) is 0 Å². The van der Waals surface area contributed by atoms with Crippen molar-refractivity contribution in [2.75, 3.05) is 0 Å². The lowest BCUT2D eigenvalue weighted by molar-refractivity contribution is 0.218. The summed E-state index contributed by atoms with van der Waals surface area (Å²) in [5, 5.41) is 0. The Balaban J connectivity index is 2.28. The van der Waals surface area contributed by atoms with Gasteiger partial charge in [-0.1, -0.05) is 83.6 Å². The van der Waals surface area contributed by atoms with Crippen LogP contribution >= 0.6 is 0 Å². The third kappa shape index (κ3) is 7.73. The predicted molar refractivity (Wildman–Crippen MR) is 106 cm³/mol. The third-order valence-corrected chi connectivity index (χ3v) is 6.01. The maximum Gasteiger partial charge on any atom is -0.0141 e. The zero-order valence-corrected chi connectivity index (χ0v) is 16.7. The second-order valence-electron chi connectivity index (χ2n) is 8.95. The first kappa shape index (κ1) is 20.5. The van der Waals surface area contributed by atoms with Gasteiger partial charge in [0.05, 0.1) is 0 Å². The second-order valence-corrected chi connectivity index (χ2v) is 8.95. The van der Waals surface area contributed by atoms with Crippen molar-refractivity contribution in [2.45, 2.75) is 92.4 Å². The van der Waals surface area contributed by atoms with Gasteiger partial charge in [-0.05, 0) is 62.7 Å². The first-order chi connectivity index (χ1) is 10.8. The summed E-state index contributed by atoms with van der Waals surface area (Å²) in [5.74, 6) is 4.09. The third-order valence-electron chi connectivity index (χ3n) is 6.01. The normalized spacial score (nSPS) is 26.3. The molecule has 1 aliphatic carbocycles. The Morgan fingerprint density at radius 1 is 0.870 bits per heavy atom. The Morgan fingerprint density at radius 2 is 1.48 bits per heavy atom. The molecule has 0 bridgehead atoms. The smallest absolute Gasteiger partial charge is 0.0141 e. The molecule has 1 aliphatic rings. The van der Waals surface area contributed by atoms with Crippen LogP contribution in [0.1, 0.15) is 92.4 Å². The molecule has 1 saturated carbocycles. The van der Waals surface area contributed by atoms with E-state index in [9.17, 15) is 0 Å². The number of rotatable bonds is 10. The van der Waals surface area contributed by atoms with Crippen LogP contribution in [0.2, 0.25) is 0 Å². The highest BCUT2D eigenvalue weighted by Crippen LogP contribution is 2.42. The van der Waals surface area contributed by atoms with E-state index < -0.39 is 0 Å². The van der Waals surface area contributed by atoms with E-state index in [2.05, 4.69) is 47.8 Å². The Hall–Kier alpha value is -0.520. The molecule has 4 unspecified atom stereocenters. The van der Waals surface area contributed by atoms with Crippen molar-refractivity contribution in [3.63, 3.8) is 0 Å². The van der Waals surface area contributed by atoms with Crippen LogP contribution in [0.25, 0.3) is 0 Å². The van der Waals surface area contributed by atoms with Gasteiger partial charge >= 0.3 is 0 Å². The second kappa shape index (κ2) is 10.4. The zero-order chi connectivity index (χ0) is 17.4. The molecule has 0 N–H and O–H groups in total. The highest BCUT2D eigenvalue weighted by Gasteiger charge is 2.30. The Morgan fingerprint density at radius 3 is 2.04 bits per heavy atom. The van der Waals surface area contributed by atoms with E-state index in [1.54, 1.807) is 0 Å². The molecule has 0 radical (unpaired) electrons. The van der Waals surface area contributed by atoms with Gasteiger partial charge < -0.3 is 0 Å². The number of allylic oxidation sites excluding steroid dienone is 2. The van der Waals surface area contributed by atoms with E-state index >= 15 is 0 Å². The van der Waals surface area contributed by atoms with Gasteiger partial charge in [0.15, 0.2) is 0 Å². The Labute approximate surface area is 146 Å². The SMILES string of the molecule is C=C(C)C1CCC(CCCC(C)CCCC(C)C)CC1C(=C)C. The molecule has 0 heterocycles. The van der Waals surface area contributed by atoms with Crippen molar-refractivity contribution in [2.24, 2.45) is 29.6 Å². The van der Waals surface area contributed by atoms with Crippen LogP contribution in [-0.2, 0) is 0 Å². The van der Waals surface area contributed by atoms with Crippen LogP contribution < -0.4 is 0 Å². The fraction of sp³-hybridized carbons (Fsp3) is 0.826. The summed E-state index contributed by atoms with van der Waals surface area (Å²) >= 11 is 0. The molecule has 1 fully saturated rings. The molecule has 0 aliphatic heterocycles. The zero-order valence-electron chi connectivity index (χ0n) is 16.7. The van der Waals surface area contributed by atoms with E-state index in [1.807, 2.05) is 0 Å². The fourth-order valence-corrected chi connectivity index (χ4v) is 4.43. The predicted octanol–water partition coefficient (Wildman–Crippen LogP) is 7.80. The van der Waals surface area contributed by atoms with Crippen LogP contribution in [0.15, 0.2) is 24.3 Å². The largest absolute Gasteiger partial charge is 0.0998 e. The van der Waals surface area contributed by atoms with Crippen LogP contribution in [0.4, 0.5) is 0 Å². The van der Waals surface area contributed by atoms with E-state index in [0.717, 1.165) is 17.8 Å². The molecule has 0 saturated heterocycles. The van der Waals surface area contributed by atoms with Crippen molar-refractivity contribution in [3.05, 3.63) is 24.3 Å². The molecule has 0 spiro atoms. The molecule has 0 aromatic rings. The highest BCUT2D eigenvalue weighted by molar-refractivity contribution is 5.11. The summed E-state index contributed by atoms with van der Waals surface area (Å²) in [4.78, 5) is 0. The molecule has 134 valence electrons. The van der Waals surface area contributed by atoms with Crippen molar-refractivity contribution in [1.82, 2.24) is 0 Å². The average molecular weight is 319 g/mol. The van der Waals surface area contributed by atoms with E-state index in [-0.39, 0.29) is 0 Å². The quantitative estimate of drug-likeness (QED) is 0.360. The van der Waals surface area contributed by atoms with Gasteiger partial charge in [-0.3, -0.25) is 0 Å². The number of hydrogen-bond donors (Lipinski definition) is 0. The molecule has 23 heavy (non-hydrogen) atoms. The minimum atomic E-state index is 0.690. The molecule has 4 atom stereocenters. The fourth-order valence-electron chi connectivity index (χ4n) is 4.43. The summed E-state index contributed by atoms with van der Waals surface area (Å²) in [7, 11) is 0. The first-order valence-electron chi connectivity index (χ1n) is 10.1. The number of hydrogen-bond acceptors (Lipinski definition) is 0. The molecule has 1 rings (SSSR count). The van der Waals surface area contributed by atoms with Crippen molar-refractivity contribution in [3.8, 4) is 0 Å². The standard InChI is InChI=1S/C23H42/c1-17(2)10-8-11-20(7)12-9-13-21-14-15-22(18(3)4)23(16-21)19(5)6/h17,20-23H,3,5,8-16H2,1-2,4,6-7H3. The summed E-state index contributed by atoms with van der Waals surface area (Å²) in [6, 6.07) is 0. The van der Waals surface area contributed by atoms with Gasteiger partial charge in [0, 0.05) is 0 Å². The van der Waals surface area contributed by atoms with Crippen LogP contribution in [0.3, 0.4) is 0 Å². The van der Waals surface area contributed by atoms with Crippen molar-refractivity contribution >= 4 is 0 Å².